The van der Waals surface area contributed by atoms with E-state index in [1.165, 1.54) is 24.3 Å². The van der Waals surface area contributed by atoms with Gasteiger partial charge in [-0.2, -0.15) is 17.6 Å². The molecule has 4 aromatic carbocycles. The van der Waals surface area contributed by atoms with Gasteiger partial charge in [0.05, 0.1) is 12.8 Å². The van der Waals surface area contributed by atoms with Crippen molar-refractivity contribution < 1.29 is 53.4 Å². The Morgan fingerprint density at radius 2 is 0.796 bits per heavy atom. The number of hydrogen-bond donors (Lipinski definition) is 0. The molecule has 0 saturated heterocycles. The first-order valence-corrected chi connectivity index (χ1v) is 18.3. The van der Waals surface area contributed by atoms with Crippen LogP contribution in [0.3, 0.4) is 0 Å². The van der Waals surface area contributed by atoms with Crippen LogP contribution in [0.25, 0.3) is 22.3 Å². The van der Waals surface area contributed by atoms with Gasteiger partial charge >= 0.3 is 12.2 Å². The molecule has 54 heavy (non-hydrogen) atoms. The summed E-state index contributed by atoms with van der Waals surface area (Å²) in [5, 5.41) is 0. The molecule has 0 radical (unpaired) electrons. The average Bonchev–Trinajstić information content (AvgIpc) is 3.09. The minimum atomic E-state index is -3.49. The summed E-state index contributed by atoms with van der Waals surface area (Å²) >= 11 is 0. The van der Waals surface area contributed by atoms with Crippen molar-refractivity contribution in [2.75, 3.05) is 0 Å². The van der Waals surface area contributed by atoms with Gasteiger partial charge in [0, 0.05) is 23.3 Å². The van der Waals surface area contributed by atoms with E-state index >= 15 is 0 Å². The number of unbranched alkanes of at least 4 members (excludes halogenated alkanes) is 8. The van der Waals surface area contributed by atoms with Gasteiger partial charge in [0.1, 0.15) is 23.1 Å². The molecule has 0 unspecified atom stereocenters. The molecular formula is C42H44F10O2. The van der Waals surface area contributed by atoms with Gasteiger partial charge in [-0.25, -0.2) is 26.3 Å². The van der Waals surface area contributed by atoms with Crippen molar-refractivity contribution >= 4 is 0 Å². The molecule has 4 rings (SSSR count). The zero-order valence-electron chi connectivity index (χ0n) is 30.0. The quantitative estimate of drug-likeness (QED) is 0.0585. The van der Waals surface area contributed by atoms with Gasteiger partial charge in [0.25, 0.3) is 0 Å². The van der Waals surface area contributed by atoms with Crippen molar-refractivity contribution in [1.29, 1.82) is 0 Å². The minimum absolute atomic E-state index is 0.0661. The second-order valence-corrected chi connectivity index (χ2v) is 13.7. The second-order valence-electron chi connectivity index (χ2n) is 13.7. The lowest BCUT2D eigenvalue weighted by Gasteiger charge is -2.18. The minimum Gasteiger partial charge on any atom is -0.432 e. The van der Waals surface area contributed by atoms with Crippen LogP contribution in [0.15, 0.2) is 72.8 Å². The molecule has 4 aromatic rings. The third kappa shape index (κ3) is 13.6. The van der Waals surface area contributed by atoms with Crippen LogP contribution in [-0.2, 0) is 0 Å². The molecule has 0 bridgehead atoms. The smallest absolute Gasteiger partial charge is 0.397 e. The van der Waals surface area contributed by atoms with Crippen LogP contribution >= 0.6 is 0 Å². The van der Waals surface area contributed by atoms with Crippen molar-refractivity contribution in [3.05, 3.63) is 108 Å². The molecule has 0 aliphatic rings. The fraction of sp³-hybridized carbons (Fsp3) is 0.429. The monoisotopic (exact) mass is 770 g/mol. The van der Waals surface area contributed by atoms with E-state index in [0.717, 1.165) is 99.9 Å². The third-order valence-electron chi connectivity index (χ3n) is 9.21. The summed E-state index contributed by atoms with van der Waals surface area (Å²) in [5.41, 5.74) is -0.0125. The number of rotatable bonds is 22. The molecule has 294 valence electrons. The van der Waals surface area contributed by atoms with Crippen LogP contribution in [0.2, 0.25) is 0 Å². The van der Waals surface area contributed by atoms with Crippen molar-refractivity contribution in [2.24, 2.45) is 5.92 Å². The van der Waals surface area contributed by atoms with E-state index in [-0.39, 0.29) is 46.6 Å². The molecule has 0 heterocycles. The van der Waals surface area contributed by atoms with Crippen LogP contribution in [0.1, 0.15) is 96.8 Å². The Kier molecular flexibility index (Phi) is 15.7. The van der Waals surface area contributed by atoms with Gasteiger partial charge in [-0.15, -0.1) is 0 Å². The summed E-state index contributed by atoms with van der Waals surface area (Å²) in [6.45, 7) is 2.15. The molecule has 0 aliphatic carbocycles. The summed E-state index contributed by atoms with van der Waals surface area (Å²) in [5.74, 6) is -6.53. The molecule has 0 fully saturated rings. The molecule has 0 atom stereocenters. The largest absolute Gasteiger partial charge is 0.432 e. The summed E-state index contributed by atoms with van der Waals surface area (Å²) in [6.07, 6.45) is 0.861. The first-order chi connectivity index (χ1) is 25.6. The second kappa shape index (κ2) is 19.9. The Morgan fingerprint density at radius 3 is 1.17 bits per heavy atom. The van der Waals surface area contributed by atoms with E-state index in [1.807, 2.05) is 0 Å². The molecule has 0 spiro atoms. The summed E-state index contributed by atoms with van der Waals surface area (Å²) in [6, 6.07) is 12.0. The van der Waals surface area contributed by atoms with E-state index in [4.69, 9.17) is 9.47 Å². The maximum atomic E-state index is 14.5. The molecule has 0 saturated carbocycles. The molecule has 12 heteroatoms. The van der Waals surface area contributed by atoms with Crippen LogP contribution in [-0.4, -0.2) is 12.2 Å². The van der Waals surface area contributed by atoms with Gasteiger partial charge < -0.3 is 9.47 Å². The molecule has 0 aromatic heterocycles. The lowest BCUT2D eigenvalue weighted by atomic mass is 9.96. The van der Waals surface area contributed by atoms with E-state index in [0.29, 0.717) is 18.8 Å². The first kappa shape index (κ1) is 42.5. The highest BCUT2D eigenvalue weighted by molar-refractivity contribution is 5.66. The fourth-order valence-electron chi connectivity index (χ4n) is 6.21. The number of benzene rings is 4. The Bertz CT molecular complexity index is 1670. The maximum absolute atomic E-state index is 14.5. The molecule has 0 N–H and O–H groups in total. The average molecular weight is 771 g/mol. The van der Waals surface area contributed by atoms with Gasteiger partial charge in [0.15, 0.2) is 23.3 Å². The number of hydrogen-bond acceptors (Lipinski definition) is 2. The van der Waals surface area contributed by atoms with Crippen molar-refractivity contribution in [2.45, 2.75) is 109 Å². The standard InChI is InChI=1S/C42H44F10O2/c1-28(12-8-4-2-6-10-22-41(49,50)53-31-16-18-33(37(45)26-31)29-14-20-35(43)39(47)24-29)13-9-5-3-7-11-23-42(51,52)54-32-17-19-34(38(46)27-32)30-15-21-36(44)40(48)25-30/h14-21,24-28H,2-13,22-23H2,1H3. The van der Waals surface area contributed by atoms with Crippen molar-refractivity contribution in [1.82, 2.24) is 0 Å². The van der Waals surface area contributed by atoms with Crippen molar-refractivity contribution in [3.8, 4) is 33.8 Å². The number of alkyl halides is 4. The van der Waals surface area contributed by atoms with Gasteiger partial charge in [0.2, 0.25) is 0 Å². The van der Waals surface area contributed by atoms with Gasteiger partial charge in [-0.1, -0.05) is 83.3 Å². The van der Waals surface area contributed by atoms with E-state index in [9.17, 15) is 43.9 Å². The number of halogens is 10. The lowest BCUT2D eigenvalue weighted by molar-refractivity contribution is -0.182. The Labute approximate surface area is 309 Å². The lowest BCUT2D eigenvalue weighted by Crippen LogP contribution is -2.24. The molecular weight excluding hydrogens is 726 g/mol. The fourth-order valence-corrected chi connectivity index (χ4v) is 6.21. The summed E-state index contributed by atoms with van der Waals surface area (Å²) in [4.78, 5) is 0. The van der Waals surface area contributed by atoms with Crippen LogP contribution in [0.5, 0.6) is 11.5 Å². The summed E-state index contributed by atoms with van der Waals surface area (Å²) in [7, 11) is 0. The Hall–Kier alpha value is -4.22. The zero-order valence-corrected chi connectivity index (χ0v) is 30.0. The SMILES string of the molecule is CC(CCCCCCCC(F)(F)Oc1ccc(-c2ccc(F)c(F)c2)c(F)c1)CCCCCCCC(F)(F)Oc1ccc(-c2ccc(F)c(F)c2)c(F)c1. The van der Waals surface area contributed by atoms with E-state index in [1.54, 1.807) is 0 Å². The van der Waals surface area contributed by atoms with Crippen LogP contribution in [0.4, 0.5) is 43.9 Å². The van der Waals surface area contributed by atoms with Gasteiger partial charge in [-0.3, -0.25) is 0 Å². The van der Waals surface area contributed by atoms with Crippen molar-refractivity contribution in [3.63, 3.8) is 0 Å². The summed E-state index contributed by atoms with van der Waals surface area (Å²) < 4.78 is 149. The zero-order chi connectivity index (χ0) is 39.3. The predicted molar refractivity (Wildman–Crippen MR) is 188 cm³/mol. The molecule has 0 amide bonds. The van der Waals surface area contributed by atoms with E-state index < -0.39 is 60.0 Å². The highest BCUT2D eigenvalue weighted by atomic mass is 19.3. The van der Waals surface area contributed by atoms with Crippen LogP contribution in [0, 0.1) is 40.8 Å². The van der Waals surface area contributed by atoms with Gasteiger partial charge in [-0.05, 0) is 78.4 Å². The first-order valence-electron chi connectivity index (χ1n) is 18.3. The normalized spacial score (nSPS) is 12.1. The molecule has 0 aliphatic heterocycles. The highest BCUT2D eigenvalue weighted by Crippen LogP contribution is 2.33. The Morgan fingerprint density at radius 1 is 0.426 bits per heavy atom. The number of ether oxygens (including phenoxy) is 2. The Balaban J connectivity index is 1.01. The maximum Gasteiger partial charge on any atom is 0.397 e. The highest BCUT2D eigenvalue weighted by Gasteiger charge is 2.32. The van der Waals surface area contributed by atoms with E-state index in [2.05, 4.69) is 6.92 Å². The third-order valence-corrected chi connectivity index (χ3v) is 9.21. The predicted octanol–water partition coefficient (Wildman–Crippen LogP) is 14.6. The van der Waals surface area contributed by atoms with Crippen LogP contribution < -0.4 is 9.47 Å². The molecule has 2 nitrogen and oxygen atoms in total. The topological polar surface area (TPSA) is 18.5 Å².